The first-order chi connectivity index (χ1) is 8.45. The molecule has 94 valence electrons. The van der Waals surface area contributed by atoms with E-state index in [-0.39, 0.29) is 5.41 Å². The first kappa shape index (κ1) is 13.4. The molecule has 1 heterocycles. The van der Waals surface area contributed by atoms with Crippen molar-refractivity contribution >= 4 is 23.4 Å². The maximum atomic E-state index is 5.70. The summed E-state index contributed by atoms with van der Waals surface area (Å²) in [5.74, 6) is 0. The van der Waals surface area contributed by atoms with Crippen LogP contribution in [-0.4, -0.2) is 10.2 Å². The summed E-state index contributed by atoms with van der Waals surface area (Å²) in [4.78, 5) is 1.15. The molecule has 2 rings (SSSR count). The van der Waals surface area contributed by atoms with E-state index in [9.17, 15) is 0 Å². The predicted molar refractivity (Wildman–Crippen MR) is 76.3 cm³/mol. The summed E-state index contributed by atoms with van der Waals surface area (Å²) in [6, 6.07) is 12.2. The molecule has 2 aromatic rings. The summed E-state index contributed by atoms with van der Waals surface area (Å²) in [5, 5.41) is 9.12. The molecule has 0 N–H and O–H groups in total. The first-order valence-electron chi connectivity index (χ1n) is 5.73. The summed E-state index contributed by atoms with van der Waals surface area (Å²) in [6.45, 7) is 6.62. The minimum absolute atomic E-state index is 0.184. The molecule has 0 radical (unpaired) electrons. The van der Waals surface area contributed by atoms with Gasteiger partial charge in [0, 0.05) is 4.90 Å². The van der Waals surface area contributed by atoms with Crippen LogP contribution in [0.4, 0.5) is 0 Å². The highest BCUT2D eigenvalue weighted by molar-refractivity contribution is 7.99. The molecule has 0 saturated carbocycles. The first-order valence-corrected chi connectivity index (χ1v) is 6.92. The van der Waals surface area contributed by atoms with Gasteiger partial charge in [0.2, 0.25) is 0 Å². The van der Waals surface area contributed by atoms with Gasteiger partial charge in [0.1, 0.15) is 5.03 Å². The molecule has 0 bridgehead atoms. The summed E-state index contributed by atoms with van der Waals surface area (Å²) >= 11 is 7.29. The second-order valence-corrected chi connectivity index (χ2v) is 6.55. The van der Waals surface area contributed by atoms with Crippen LogP contribution >= 0.6 is 23.4 Å². The zero-order chi connectivity index (χ0) is 13.2. The molecule has 0 amide bonds. The van der Waals surface area contributed by atoms with Gasteiger partial charge in [0.15, 0.2) is 5.15 Å². The van der Waals surface area contributed by atoms with E-state index in [4.69, 9.17) is 11.6 Å². The van der Waals surface area contributed by atoms with Crippen LogP contribution in [0.25, 0.3) is 0 Å². The highest BCUT2D eigenvalue weighted by atomic mass is 35.5. The molecule has 0 atom stereocenters. The average Bonchev–Trinajstić information content (AvgIpc) is 2.32. The van der Waals surface area contributed by atoms with Crippen molar-refractivity contribution in [2.24, 2.45) is 0 Å². The summed E-state index contributed by atoms with van der Waals surface area (Å²) < 4.78 is 0. The van der Waals surface area contributed by atoms with E-state index in [0.29, 0.717) is 5.15 Å². The number of aromatic nitrogens is 2. The average molecular weight is 279 g/mol. The van der Waals surface area contributed by atoms with E-state index in [0.717, 1.165) is 9.92 Å². The van der Waals surface area contributed by atoms with Crippen LogP contribution in [0.2, 0.25) is 5.15 Å². The molecule has 0 aliphatic heterocycles. The normalized spacial score (nSPS) is 11.6. The predicted octanol–water partition coefficient (Wildman–Crippen LogP) is 4.58. The van der Waals surface area contributed by atoms with E-state index in [1.165, 1.54) is 5.56 Å². The van der Waals surface area contributed by atoms with Crippen molar-refractivity contribution in [1.29, 1.82) is 0 Å². The van der Waals surface area contributed by atoms with Gasteiger partial charge in [-0.05, 0) is 35.2 Å². The van der Waals surface area contributed by atoms with Crippen molar-refractivity contribution in [2.75, 3.05) is 0 Å². The van der Waals surface area contributed by atoms with Crippen LogP contribution in [0.1, 0.15) is 26.3 Å². The summed E-state index contributed by atoms with van der Waals surface area (Å²) in [6.07, 6.45) is 0. The van der Waals surface area contributed by atoms with Crippen LogP contribution in [0.5, 0.6) is 0 Å². The quantitative estimate of drug-likeness (QED) is 0.804. The molecule has 4 heteroatoms. The van der Waals surface area contributed by atoms with Crippen LogP contribution in [0, 0.1) is 0 Å². The van der Waals surface area contributed by atoms with Gasteiger partial charge in [-0.25, -0.2) is 0 Å². The number of nitrogens with zero attached hydrogens (tertiary/aromatic N) is 2. The zero-order valence-electron chi connectivity index (χ0n) is 10.6. The lowest BCUT2D eigenvalue weighted by Gasteiger charge is -2.18. The van der Waals surface area contributed by atoms with E-state index in [1.807, 2.05) is 6.07 Å². The standard InChI is InChI=1S/C14H15ClN2S/c1-14(2,3)10-4-6-11(7-5-10)18-13-9-8-12(15)16-17-13/h4-9H,1-3H3. The van der Waals surface area contributed by atoms with Crippen molar-refractivity contribution in [3.8, 4) is 0 Å². The second kappa shape index (κ2) is 5.29. The smallest absolute Gasteiger partial charge is 0.142 e. The van der Waals surface area contributed by atoms with Gasteiger partial charge in [-0.2, -0.15) is 0 Å². The van der Waals surface area contributed by atoms with Crippen LogP contribution in [0.15, 0.2) is 46.3 Å². The Labute approximate surface area is 117 Å². The molecule has 0 saturated heterocycles. The third-order valence-corrected chi connectivity index (χ3v) is 3.69. The minimum Gasteiger partial charge on any atom is -0.142 e. The van der Waals surface area contributed by atoms with Crippen molar-refractivity contribution in [2.45, 2.75) is 36.1 Å². The Kier molecular flexibility index (Phi) is 3.93. The molecule has 0 unspecified atom stereocenters. The Morgan fingerprint density at radius 1 is 0.944 bits per heavy atom. The minimum atomic E-state index is 0.184. The van der Waals surface area contributed by atoms with Gasteiger partial charge >= 0.3 is 0 Å². The van der Waals surface area contributed by atoms with E-state index >= 15 is 0 Å². The van der Waals surface area contributed by atoms with E-state index in [1.54, 1.807) is 17.8 Å². The molecule has 0 fully saturated rings. The van der Waals surface area contributed by atoms with Gasteiger partial charge in [0.05, 0.1) is 0 Å². The Balaban J connectivity index is 2.13. The highest BCUT2D eigenvalue weighted by Crippen LogP contribution is 2.29. The van der Waals surface area contributed by atoms with Gasteiger partial charge < -0.3 is 0 Å². The lowest BCUT2D eigenvalue weighted by atomic mass is 9.87. The lowest BCUT2D eigenvalue weighted by Crippen LogP contribution is -2.10. The SMILES string of the molecule is CC(C)(C)c1ccc(Sc2ccc(Cl)nn2)cc1. The topological polar surface area (TPSA) is 25.8 Å². The van der Waals surface area contributed by atoms with Crippen LogP contribution in [0.3, 0.4) is 0 Å². The van der Waals surface area contributed by atoms with E-state index in [2.05, 4.69) is 55.2 Å². The summed E-state index contributed by atoms with van der Waals surface area (Å²) in [7, 11) is 0. The molecule has 1 aromatic heterocycles. The second-order valence-electron chi connectivity index (χ2n) is 5.07. The third kappa shape index (κ3) is 3.47. The maximum Gasteiger partial charge on any atom is 0.151 e. The monoisotopic (exact) mass is 278 g/mol. The molecule has 2 nitrogen and oxygen atoms in total. The van der Waals surface area contributed by atoms with Crippen molar-refractivity contribution in [1.82, 2.24) is 10.2 Å². The van der Waals surface area contributed by atoms with Gasteiger partial charge in [-0.3, -0.25) is 0 Å². The van der Waals surface area contributed by atoms with Gasteiger partial charge in [-0.15, -0.1) is 10.2 Å². The molecule has 18 heavy (non-hydrogen) atoms. The lowest BCUT2D eigenvalue weighted by molar-refractivity contribution is 0.590. The number of halogens is 1. The number of benzene rings is 1. The van der Waals surface area contributed by atoms with Gasteiger partial charge in [0.25, 0.3) is 0 Å². The largest absolute Gasteiger partial charge is 0.151 e. The number of hydrogen-bond donors (Lipinski definition) is 0. The van der Waals surface area contributed by atoms with Crippen LogP contribution in [-0.2, 0) is 5.41 Å². The maximum absolute atomic E-state index is 5.70. The van der Waals surface area contributed by atoms with Crippen molar-refractivity contribution in [3.63, 3.8) is 0 Å². The third-order valence-electron chi connectivity index (χ3n) is 2.55. The fourth-order valence-corrected chi connectivity index (χ4v) is 2.33. The molecule has 0 aliphatic rings. The molecule has 0 aliphatic carbocycles. The van der Waals surface area contributed by atoms with Crippen molar-refractivity contribution in [3.05, 3.63) is 47.1 Å². The van der Waals surface area contributed by atoms with Crippen LogP contribution < -0.4 is 0 Å². The number of hydrogen-bond acceptors (Lipinski definition) is 3. The number of rotatable bonds is 2. The fourth-order valence-electron chi connectivity index (χ4n) is 1.50. The van der Waals surface area contributed by atoms with Gasteiger partial charge in [-0.1, -0.05) is 56.3 Å². The Hall–Kier alpha value is -1.06. The molecule has 0 spiro atoms. The zero-order valence-corrected chi connectivity index (χ0v) is 12.2. The highest BCUT2D eigenvalue weighted by Gasteiger charge is 2.13. The molecule has 1 aromatic carbocycles. The molecular weight excluding hydrogens is 264 g/mol. The van der Waals surface area contributed by atoms with E-state index < -0.39 is 0 Å². The Morgan fingerprint density at radius 2 is 1.61 bits per heavy atom. The molecular formula is C14H15ClN2S. The van der Waals surface area contributed by atoms with Crippen molar-refractivity contribution < 1.29 is 0 Å². The fraction of sp³-hybridized carbons (Fsp3) is 0.286. The Bertz CT molecular complexity index is 515. The summed E-state index contributed by atoms with van der Waals surface area (Å²) in [5.41, 5.74) is 1.51. The Morgan fingerprint density at radius 3 is 2.11 bits per heavy atom.